The lowest BCUT2D eigenvalue weighted by molar-refractivity contribution is -0.137. The highest BCUT2D eigenvalue weighted by molar-refractivity contribution is 5.68. The number of hydrogen-bond donors (Lipinski definition) is 2. The zero-order valence-corrected chi connectivity index (χ0v) is 9.77. The number of anilines is 1. The Morgan fingerprint density at radius 2 is 2.19 bits per heavy atom. The van der Waals surface area contributed by atoms with Gasteiger partial charge in [0, 0.05) is 17.8 Å². The Kier molecular flexibility index (Phi) is 4.22. The fraction of sp³-hybridized carbons (Fsp3) is 0.545. The van der Waals surface area contributed by atoms with Crippen molar-refractivity contribution in [1.29, 1.82) is 0 Å². The van der Waals surface area contributed by atoms with Gasteiger partial charge in [-0.2, -0.15) is 0 Å². The molecule has 0 aliphatic heterocycles. The summed E-state index contributed by atoms with van der Waals surface area (Å²) in [6, 6.07) is 1.68. The topological polar surface area (TPSA) is 75.1 Å². The average molecular weight is 223 g/mol. The monoisotopic (exact) mass is 223 g/mol. The van der Waals surface area contributed by atoms with Crippen molar-refractivity contribution in [3.63, 3.8) is 0 Å². The molecular formula is C11H17N3O2. The Balaban J connectivity index is 2.71. The van der Waals surface area contributed by atoms with Gasteiger partial charge in [0.25, 0.3) is 0 Å². The number of aryl methyl sites for hydroxylation is 1. The van der Waals surface area contributed by atoms with Crippen molar-refractivity contribution in [3.05, 3.63) is 18.1 Å². The second kappa shape index (κ2) is 5.44. The summed E-state index contributed by atoms with van der Waals surface area (Å²) in [4.78, 5) is 18.7. The van der Waals surface area contributed by atoms with E-state index in [1.165, 1.54) is 6.33 Å². The van der Waals surface area contributed by atoms with Gasteiger partial charge in [-0.3, -0.25) is 4.79 Å². The van der Waals surface area contributed by atoms with Gasteiger partial charge in [-0.15, -0.1) is 0 Å². The predicted octanol–water partition coefficient (Wildman–Crippen LogP) is 1.70. The van der Waals surface area contributed by atoms with Gasteiger partial charge in [0.2, 0.25) is 0 Å². The molecule has 88 valence electrons. The number of carboxylic acids is 1. The fourth-order valence-corrected chi connectivity index (χ4v) is 1.36. The molecule has 1 aromatic heterocycles. The highest BCUT2D eigenvalue weighted by Crippen LogP contribution is 2.13. The van der Waals surface area contributed by atoms with Crippen LogP contribution in [0, 0.1) is 12.8 Å². The van der Waals surface area contributed by atoms with Crippen molar-refractivity contribution in [1.82, 2.24) is 9.97 Å². The first-order chi connectivity index (χ1) is 7.49. The predicted molar refractivity (Wildman–Crippen MR) is 61.3 cm³/mol. The first-order valence-corrected chi connectivity index (χ1v) is 5.26. The van der Waals surface area contributed by atoms with Crippen LogP contribution in [0.15, 0.2) is 12.4 Å². The van der Waals surface area contributed by atoms with Crippen molar-refractivity contribution in [3.8, 4) is 0 Å². The molecule has 1 rings (SSSR count). The summed E-state index contributed by atoms with van der Waals surface area (Å²) in [6.07, 6.45) is 1.55. The zero-order valence-electron chi connectivity index (χ0n) is 9.77. The normalized spacial score (nSPS) is 12.5. The summed E-state index contributed by atoms with van der Waals surface area (Å²) < 4.78 is 0. The third-order valence-corrected chi connectivity index (χ3v) is 2.34. The van der Waals surface area contributed by atoms with Crippen LogP contribution in [-0.4, -0.2) is 27.1 Å². The fourth-order valence-electron chi connectivity index (χ4n) is 1.36. The molecule has 16 heavy (non-hydrogen) atoms. The largest absolute Gasteiger partial charge is 0.481 e. The van der Waals surface area contributed by atoms with Crippen molar-refractivity contribution in [2.24, 2.45) is 5.92 Å². The van der Waals surface area contributed by atoms with E-state index < -0.39 is 5.97 Å². The van der Waals surface area contributed by atoms with Crippen LogP contribution in [0.4, 0.5) is 5.82 Å². The quantitative estimate of drug-likeness (QED) is 0.794. The van der Waals surface area contributed by atoms with Crippen LogP contribution in [0.5, 0.6) is 0 Å². The Labute approximate surface area is 94.9 Å². The number of nitrogens with one attached hydrogen (secondary N) is 1. The number of aromatic nitrogens is 2. The van der Waals surface area contributed by atoms with E-state index in [1.54, 1.807) is 6.07 Å². The molecule has 0 radical (unpaired) electrons. The molecule has 0 aliphatic rings. The van der Waals surface area contributed by atoms with Crippen LogP contribution in [0.1, 0.15) is 26.0 Å². The third-order valence-electron chi connectivity index (χ3n) is 2.34. The van der Waals surface area contributed by atoms with E-state index >= 15 is 0 Å². The standard InChI is InChI=1S/C11H17N3O2/c1-7(2)9(5-11(15)16)14-10-4-8(3)12-6-13-10/h4,6-7,9H,5H2,1-3H3,(H,15,16)(H,12,13,14). The summed E-state index contributed by atoms with van der Waals surface area (Å²) in [5, 5.41) is 11.9. The van der Waals surface area contributed by atoms with Crippen molar-refractivity contribution >= 4 is 11.8 Å². The van der Waals surface area contributed by atoms with Gasteiger partial charge < -0.3 is 10.4 Å². The van der Waals surface area contributed by atoms with Crippen LogP contribution < -0.4 is 5.32 Å². The van der Waals surface area contributed by atoms with Crippen molar-refractivity contribution in [2.75, 3.05) is 5.32 Å². The number of rotatable bonds is 5. The second-order valence-corrected chi connectivity index (χ2v) is 4.14. The van der Waals surface area contributed by atoms with Gasteiger partial charge in [-0.25, -0.2) is 9.97 Å². The van der Waals surface area contributed by atoms with Crippen LogP contribution in [-0.2, 0) is 4.79 Å². The van der Waals surface area contributed by atoms with E-state index in [-0.39, 0.29) is 18.4 Å². The SMILES string of the molecule is Cc1cc(NC(CC(=O)O)C(C)C)ncn1. The highest BCUT2D eigenvalue weighted by Gasteiger charge is 2.17. The third kappa shape index (κ3) is 3.84. The molecule has 1 aromatic rings. The summed E-state index contributed by atoms with van der Waals surface area (Å²) in [5.41, 5.74) is 0.857. The number of carbonyl (C=O) groups is 1. The average Bonchev–Trinajstić information content (AvgIpc) is 2.15. The lowest BCUT2D eigenvalue weighted by atomic mass is 10.0. The summed E-state index contributed by atoms with van der Waals surface area (Å²) in [5.74, 6) is 0.0933. The Hall–Kier alpha value is -1.65. The van der Waals surface area contributed by atoms with Crippen LogP contribution in [0.25, 0.3) is 0 Å². The molecule has 1 heterocycles. The summed E-state index contributed by atoms with van der Waals surface area (Å²) in [7, 11) is 0. The molecular weight excluding hydrogens is 206 g/mol. The molecule has 5 nitrogen and oxygen atoms in total. The molecule has 1 atom stereocenters. The molecule has 0 spiro atoms. The van der Waals surface area contributed by atoms with Crippen molar-refractivity contribution in [2.45, 2.75) is 33.2 Å². The number of carboxylic acid groups (broad SMARTS) is 1. The number of hydrogen-bond acceptors (Lipinski definition) is 4. The zero-order chi connectivity index (χ0) is 12.1. The minimum Gasteiger partial charge on any atom is -0.481 e. The second-order valence-electron chi connectivity index (χ2n) is 4.14. The molecule has 0 fully saturated rings. The molecule has 0 amide bonds. The van der Waals surface area contributed by atoms with Gasteiger partial charge in [-0.1, -0.05) is 13.8 Å². The first-order valence-electron chi connectivity index (χ1n) is 5.26. The van der Waals surface area contributed by atoms with Crippen LogP contribution in [0.3, 0.4) is 0 Å². The number of nitrogens with zero attached hydrogens (tertiary/aromatic N) is 2. The molecule has 2 N–H and O–H groups in total. The molecule has 0 saturated heterocycles. The molecule has 0 saturated carbocycles. The van der Waals surface area contributed by atoms with E-state index in [1.807, 2.05) is 20.8 Å². The van der Waals surface area contributed by atoms with E-state index in [4.69, 9.17) is 5.11 Å². The molecule has 5 heteroatoms. The first kappa shape index (κ1) is 12.4. The molecule has 0 bridgehead atoms. The van der Waals surface area contributed by atoms with Gasteiger partial charge in [0.15, 0.2) is 0 Å². The summed E-state index contributed by atoms with van der Waals surface area (Å²) >= 11 is 0. The van der Waals surface area contributed by atoms with Crippen molar-refractivity contribution < 1.29 is 9.90 Å². The maximum Gasteiger partial charge on any atom is 0.305 e. The van der Waals surface area contributed by atoms with E-state index in [9.17, 15) is 4.79 Å². The molecule has 0 aliphatic carbocycles. The Morgan fingerprint density at radius 1 is 1.50 bits per heavy atom. The van der Waals surface area contributed by atoms with Crippen LogP contribution in [0.2, 0.25) is 0 Å². The lowest BCUT2D eigenvalue weighted by Gasteiger charge is -2.21. The Bertz CT molecular complexity index is 366. The van der Waals surface area contributed by atoms with Gasteiger partial charge >= 0.3 is 5.97 Å². The van der Waals surface area contributed by atoms with Gasteiger partial charge in [0.1, 0.15) is 12.1 Å². The van der Waals surface area contributed by atoms with Crippen LogP contribution >= 0.6 is 0 Å². The van der Waals surface area contributed by atoms with Gasteiger partial charge in [0.05, 0.1) is 6.42 Å². The van der Waals surface area contributed by atoms with E-state index in [0.29, 0.717) is 5.82 Å². The van der Waals surface area contributed by atoms with Gasteiger partial charge in [-0.05, 0) is 12.8 Å². The Morgan fingerprint density at radius 3 is 2.69 bits per heavy atom. The summed E-state index contributed by atoms with van der Waals surface area (Å²) in [6.45, 7) is 5.83. The minimum absolute atomic E-state index is 0.0840. The number of aliphatic carboxylic acids is 1. The molecule has 0 aromatic carbocycles. The maximum absolute atomic E-state index is 10.7. The smallest absolute Gasteiger partial charge is 0.305 e. The lowest BCUT2D eigenvalue weighted by Crippen LogP contribution is -2.29. The van der Waals surface area contributed by atoms with E-state index in [2.05, 4.69) is 15.3 Å². The highest BCUT2D eigenvalue weighted by atomic mass is 16.4. The molecule has 1 unspecified atom stereocenters. The maximum atomic E-state index is 10.7. The minimum atomic E-state index is -0.808. The van der Waals surface area contributed by atoms with E-state index in [0.717, 1.165) is 5.69 Å².